The number of ether oxygens (including phenoxy) is 1. The van der Waals surface area contributed by atoms with Crippen LogP contribution in [-0.4, -0.2) is 29.1 Å². The van der Waals surface area contributed by atoms with E-state index in [1.807, 2.05) is 12.1 Å². The molecule has 2 amide bonds. The fourth-order valence-electron chi connectivity index (χ4n) is 2.95. The summed E-state index contributed by atoms with van der Waals surface area (Å²) in [6.45, 7) is 0. The molecule has 9 heteroatoms. The number of carbonyl (C=O) groups is 2. The van der Waals surface area contributed by atoms with Crippen LogP contribution in [0.15, 0.2) is 75.9 Å². The van der Waals surface area contributed by atoms with Crippen LogP contribution < -0.4 is 15.4 Å². The lowest BCUT2D eigenvalue weighted by molar-refractivity contribution is -0.116. The molecule has 0 atom stereocenters. The van der Waals surface area contributed by atoms with Gasteiger partial charge in [-0.2, -0.15) is 4.98 Å². The van der Waals surface area contributed by atoms with E-state index in [1.165, 1.54) is 6.26 Å². The van der Waals surface area contributed by atoms with Crippen molar-refractivity contribution in [3.8, 4) is 17.3 Å². The van der Waals surface area contributed by atoms with Gasteiger partial charge in [-0.15, -0.1) is 0 Å². The Hall–Kier alpha value is -4.40. The van der Waals surface area contributed by atoms with E-state index < -0.39 is 0 Å². The zero-order chi connectivity index (χ0) is 22.3. The maximum Gasteiger partial charge on any atom is 0.255 e. The topological polar surface area (TPSA) is 119 Å². The SMILES string of the molecule is COc1ccccc1NC(=O)c1ccc(NC(=O)CCc2nc(-c3ccco3)no2)cc1. The maximum absolute atomic E-state index is 12.5. The monoisotopic (exact) mass is 432 g/mol. The van der Waals surface area contributed by atoms with Crippen molar-refractivity contribution in [1.29, 1.82) is 0 Å². The first kappa shape index (κ1) is 20.9. The first-order valence-electron chi connectivity index (χ1n) is 9.83. The minimum Gasteiger partial charge on any atom is -0.495 e. The largest absolute Gasteiger partial charge is 0.495 e. The summed E-state index contributed by atoms with van der Waals surface area (Å²) in [5, 5.41) is 9.42. The van der Waals surface area contributed by atoms with Gasteiger partial charge in [0.15, 0.2) is 5.76 Å². The van der Waals surface area contributed by atoms with Gasteiger partial charge in [0.1, 0.15) is 5.75 Å². The Balaban J connectivity index is 1.29. The number of aryl methyl sites for hydroxylation is 1. The van der Waals surface area contributed by atoms with Gasteiger partial charge in [0.25, 0.3) is 5.91 Å². The maximum atomic E-state index is 12.5. The highest BCUT2D eigenvalue weighted by molar-refractivity contribution is 6.05. The zero-order valence-corrected chi connectivity index (χ0v) is 17.2. The number of methoxy groups -OCH3 is 1. The zero-order valence-electron chi connectivity index (χ0n) is 17.2. The number of nitrogens with zero attached hydrogens (tertiary/aromatic N) is 2. The molecule has 0 saturated carbocycles. The molecular formula is C23H20N4O5. The average molecular weight is 432 g/mol. The molecule has 162 valence electrons. The van der Waals surface area contributed by atoms with Crippen LogP contribution in [0.25, 0.3) is 11.6 Å². The molecule has 2 N–H and O–H groups in total. The fraction of sp³-hybridized carbons (Fsp3) is 0.130. The van der Waals surface area contributed by atoms with E-state index in [9.17, 15) is 9.59 Å². The molecule has 0 aliphatic heterocycles. The molecule has 0 saturated heterocycles. The van der Waals surface area contributed by atoms with E-state index in [0.29, 0.717) is 46.6 Å². The van der Waals surface area contributed by atoms with E-state index in [-0.39, 0.29) is 18.2 Å². The number of aromatic nitrogens is 2. The molecule has 2 aromatic heterocycles. The van der Waals surface area contributed by atoms with Crippen molar-refractivity contribution in [2.75, 3.05) is 17.7 Å². The second-order valence-electron chi connectivity index (χ2n) is 6.77. The predicted molar refractivity (Wildman–Crippen MR) is 116 cm³/mol. The van der Waals surface area contributed by atoms with Gasteiger partial charge >= 0.3 is 0 Å². The van der Waals surface area contributed by atoms with Crippen LogP contribution in [-0.2, 0) is 11.2 Å². The van der Waals surface area contributed by atoms with Crippen molar-refractivity contribution in [3.63, 3.8) is 0 Å². The van der Waals surface area contributed by atoms with Crippen molar-refractivity contribution >= 4 is 23.2 Å². The van der Waals surface area contributed by atoms with Crippen molar-refractivity contribution in [2.45, 2.75) is 12.8 Å². The Bertz CT molecular complexity index is 1200. The summed E-state index contributed by atoms with van der Waals surface area (Å²) < 4.78 is 15.6. The van der Waals surface area contributed by atoms with Gasteiger partial charge in [-0.05, 0) is 48.5 Å². The quantitative estimate of drug-likeness (QED) is 0.429. The van der Waals surface area contributed by atoms with Gasteiger partial charge in [0.05, 0.1) is 19.1 Å². The molecule has 0 radical (unpaired) electrons. The van der Waals surface area contributed by atoms with E-state index in [1.54, 1.807) is 55.6 Å². The van der Waals surface area contributed by atoms with Crippen LogP contribution >= 0.6 is 0 Å². The molecule has 0 bridgehead atoms. The molecule has 0 unspecified atom stereocenters. The number of furan rings is 1. The number of hydrogen-bond acceptors (Lipinski definition) is 7. The Morgan fingerprint density at radius 1 is 1.00 bits per heavy atom. The first-order chi connectivity index (χ1) is 15.6. The highest BCUT2D eigenvalue weighted by Gasteiger charge is 2.13. The highest BCUT2D eigenvalue weighted by Crippen LogP contribution is 2.24. The number of anilines is 2. The van der Waals surface area contributed by atoms with Crippen molar-refractivity contribution in [2.24, 2.45) is 0 Å². The smallest absolute Gasteiger partial charge is 0.255 e. The molecular weight excluding hydrogens is 412 g/mol. The lowest BCUT2D eigenvalue weighted by Gasteiger charge is -2.10. The summed E-state index contributed by atoms with van der Waals surface area (Å²) in [5.41, 5.74) is 1.60. The van der Waals surface area contributed by atoms with Gasteiger partial charge < -0.3 is 24.3 Å². The van der Waals surface area contributed by atoms with Crippen molar-refractivity contribution in [1.82, 2.24) is 10.1 Å². The fourth-order valence-corrected chi connectivity index (χ4v) is 2.95. The van der Waals surface area contributed by atoms with E-state index in [0.717, 1.165) is 0 Å². The summed E-state index contributed by atoms with van der Waals surface area (Å²) in [7, 11) is 1.54. The second kappa shape index (κ2) is 9.61. The lowest BCUT2D eigenvalue weighted by Crippen LogP contribution is -2.14. The van der Waals surface area contributed by atoms with E-state index >= 15 is 0 Å². The normalized spacial score (nSPS) is 10.5. The third-order valence-corrected chi connectivity index (χ3v) is 4.56. The summed E-state index contributed by atoms with van der Waals surface area (Å²) in [4.78, 5) is 28.9. The summed E-state index contributed by atoms with van der Waals surface area (Å²) >= 11 is 0. The Morgan fingerprint density at radius 2 is 1.81 bits per heavy atom. The second-order valence-corrected chi connectivity index (χ2v) is 6.77. The van der Waals surface area contributed by atoms with Crippen molar-refractivity contribution < 1.29 is 23.3 Å². The molecule has 4 aromatic rings. The Labute approximate surface area is 183 Å². The third-order valence-electron chi connectivity index (χ3n) is 4.56. The molecule has 2 heterocycles. The van der Waals surface area contributed by atoms with Gasteiger partial charge in [-0.1, -0.05) is 17.3 Å². The number of nitrogens with one attached hydrogen (secondary N) is 2. The molecule has 2 aromatic carbocycles. The minimum absolute atomic E-state index is 0.163. The van der Waals surface area contributed by atoms with Crippen LogP contribution in [0.4, 0.5) is 11.4 Å². The van der Waals surface area contributed by atoms with Crippen LogP contribution in [0.2, 0.25) is 0 Å². The Morgan fingerprint density at radius 3 is 2.56 bits per heavy atom. The summed E-state index contributed by atoms with van der Waals surface area (Å²) in [6.07, 6.45) is 1.97. The molecule has 32 heavy (non-hydrogen) atoms. The standard InChI is InChI=1S/C23H20N4O5/c1-30-18-6-3-2-5-17(18)25-23(29)15-8-10-16(11-9-15)24-20(28)12-13-21-26-22(27-32-21)19-7-4-14-31-19/h2-11,14H,12-13H2,1H3,(H,24,28)(H,25,29). The first-order valence-corrected chi connectivity index (χ1v) is 9.83. The van der Waals surface area contributed by atoms with Gasteiger partial charge in [0, 0.05) is 24.1 Å². The van der Waals surface area contributed by atoms with Gasteiger partial charge in [0.2, 0.25) is 17.6 Å². The lowest BCUT2D eigenvalue weighted by atomic mass is 10.1. The van der Waals surface area contributed by atoms with Crippen molar-refractivity contribution in [3.05, 3.63) is 78.4 Å². The number of benzene rings is 2. The Kier molecular flexibility index (Phi) is 6.26. The number of rotatable bonds is 8. The number of para-hydroxylation sites is 2. The van der Waals surface area contributed by atoms with Gasteiger partial charge in [-0.25, -0.2) is 0 Å². The number of carbonyl (C=O) groups excluding carboxylic acids is 2. The molecule has 4 rings (SSSR count). The summed E-state index contributed by atoms with van der Waals surface area (Å²) in [6, 6.07) is 17.2. The van der Waals surface area contributed by atoms with Crippen LogP contribution in [0, 0.1) is 0 Å². The highest BCUT2D eigenvalue weighted by atomic mass is 16.5. The minimum atomic E-state index is -0.281. The predicted octanol–water partition coefficient (Wildman–Crippen LogP) is 4.16. The van der Waals surface area contributed by atoms with Gasteiger partial charge in [-0.3, -0.25) is 9.59 Å². The molecule has 0 fully saturated rings. The molecule has 0 spiro atoms. The van der Waals surface area contributed by atoms with E-state index in [2.05, 4.69) is 20.8 Å². The average Bonchev–Trinajstić information content (AvgIpc) is 3.50. The van der Waals surface area contributed by atoms with Crippen LogP contribution in [0.3, 0.4) is 0 Å². The van der Waals surface area contributed by atoms with E-state index in [4.69, 9.17) is 13.7 Å². The number of hydrogen-bond donors (Lipinski definition) is 2. The molecule has 0 aliphatic rings. The molecule has 9 nitrogen and oxygen atoms in total. The van der Waals surface area contributed by atoms with Crippen LogP contribution in [0.5, 0.6) is 5.75 Å². The third kappa shape index (κ3) is 5.01. The summed E-state index contributed by atoms with van der Waals surface area (Å²) in [5.74, 6) is 1.26. The van der Waals surface area contributed by atoms with Crippen LogP contribution in [0.1, 0.15) is 22.7 Å². The molecule has 0 aliphatic carbocycles. The number of amides is 2.